The van der Waals surface area contributed by atoms with Gasteiger partial charge in [-0.25, -0.2) is 9.18 Å². The SMILES string of the molecule is COc1c(N2CCC(CN(C)CCC#N)C2)c(F)cc2c(=O)n(N)c(=O)n(C3CC3)c12. The van der Waals surface area contributed by atoms with Crippen molar-refractivity contribution in [2.24, 2.45) is 5.92 Å². The van der Waals surface area contributed by atoms with Crippen LogP contribution in [0.3, 0.4) is 0 Å². The molecule has 31 heavy (non-hydrogen) atoms. The number of hydrogen-bond acceptors (Lipinski definition) is 7. The molecule has 1 atom stereocenters. The molecule has 0 bridgehead atoms. The van der Waals surface area contributed by atoms with Gasteiger partial charge < -0.3 is 20.4 Å². The molecule has 1 aliphatic carbocycles. The van der Waals surface area contributed by atoms with E-state index >= 15 is 4.39 Å². The Kier molecular flexibility index (Phi) is 5.62. The molecule has 10 heteroatoms. The Bertz CT molecular complexity index is 1160. The first kappa shape index (κ1) is 21.2. The number of fused-ring (bicyclic) bond motifs is 1. The molecule has 2 N–H and O–H groups in total. The number of benzene rings is 1. The molecule has 0 amide bonds. The predicted octanol–water partition coefficient (Wildman–Crippen LogP) is 1.03. The van der Waals surface area contributed by atoms with Crippen LogP contribution in [-0.2, 0) is 0 Å². The minimum absolute atomic E-state index is 0.0408. The fraction of sp³-hybridized carbons (Fsp3) is 0.571. The minimum atomic E-state index is -0.737. The van der Waals surface area contributed by atoms with E-state index in [1.165, 1.54) is 17.7 Å². The van der Waals surface area contributed by atoms with E-state index < -0.39 is 17.1 Å². The molecule has 1 saturated heterocycles. The average molecular weight is 430 g/mol. The summed E-state index contributed by atoms with van der Waals surface area (Å²) in [5.74, 6) is 5.63. The first-order valence-electron chi connectivity index (χ1n) is 10.5. The zero-order valence-corrected chi connectivity index (χ0v) is 17.8. The molecule has 1 saturated carbocycles. The highest BCUT2D eigenvalue weighted by Gasteiger charge is 2.34. The molecule has 0 spiro atoms. The molecule has 9 nitrogen and oxygen atoms in total. The fourth-order valence-corrected chi connectivity index (χ4v) is 4.55. The Balaban J connectivity index is 1.76. The maximum atomic E-state index is 15.3. The Morgan fingerprint density at radius 3 is 2.74 bits per heavy atom. The largest absolute Gasteiger partial charge is 0.492 e. The van der Waals surface area contributed by atoms with Crippen molar-refractivity contribution in [3.63, 3.8) is 0 Å². The van der Waals surface area contributed by atoms with Gasteiger partial charge in [0.25, 0.3) is 5.56 Å². The third kappa shape index (κ3) is 3.74. The van der Waals surface area contributed by atoms with Crippen molar-refractivity contribution in [3.05, 3.63) is 32.7 Å². The summed E-state index contributed by atoms with van der Waals surface area (Å²) in [4.78, 5) is 29.4. The van der Waals surface area contributed by atoms with Crippen LogP contribution in [0.25, 0.3) is 10.9 Å². The number of nitrogen functional groups attached to an aromatic ring is 1. The van der Waals surface area contributed by atoms with Gasteiger partial charge in [0.05, 0.1) is 18.6 Å². The highest BCUT2D eigenvalue weighted by atomic mass is 19.1. The number of aromatic nitrogens is 2. The van der Waals surface area contributed by atoms with Crippen LogP contribution in [0.1, 0.15) is 31.7 Å². The van der Waals surface area contributed by atoms with E-state index in [9.17, 15) is 9.59 Å². The van der Waals surface area contributed by atoms with E-state index in [1.54, 1.807) is 0 Å². The van der Waals surface area contributed by atoms with Crippen LogP contribution in [-0.4, -0.2) is 54.5 Å². The third-order valence-corrected chi connectivity index (χ3v) is 6.18. The number of nitriles is 1. The maximum Gasteiger partial charge on any atom is 0.350 e. The van der Waals surface area contributed by atoms with Gasteiger partial charge in [0.2, 0.25) is 0 Å². The van der Waals surface area contributed by atoms with Gasteiger partial charge >= 0.3 is 5.69 Å². The van der Waals surface area contributed by atoms with Gasteiger partial charge in [-0.15, -0.1) is 0 Å². The summed E-state index contributed by atoms with van der Waals surface area (Å²) in [6.45, 7) is 2.76. The van der Waals surface area contributed by atoms with Crippen LogP contribution < -0.4 is 26.7 Å². The average Bonchev–Trinajstić information content (AvgIpc) is 3.49. The Morgan fingerprint density at radius 2 is 2.10 bits per heavy atom. The summed E-state index contributed by atoms with van der Waals surface area (Å²) in [5.41, 5.74) is -0.763. The first-order valence-corrected chi connectivity index (χ1v) is 10.5. The van der Waals surface area contributed by atoms with Crippen molar-refractivity contribution in [1.82, 2.24) is 14.1 Å². The lowest BCUT2D eigenvalue weighted by Gasteiger charge is -2.25. The van der Waals surface area contributed by atoms with E-state index in [0.29, 0.717) is 42.2 Å². The number of ether oxygens (including phenoxy) is 1. The molecule has 1 aliphatic heterocycles. The van der Waals surface area contributed by atoms with Gasteiger partial charge in [-0.1, -0.05) is 0 Å². The molecular weight excluding hydrogens is 403 g/mol. The predicted molar refractivity (Wildman–Crippen MR) is 115 cm³/mol. The first-order chi connectivity index (χ1) is 14.9. The summed E-state index contributed by atoms with van der Waals surface area (Å²) >= 11 is 0. The highest BCUT2D eigenvalue weighted by molar-refractivity contribution is 5.91. The van der Waals surface area contributed by atoms with Crippen molar-refractivity contribution >= 4 is 16.6 Å². The van der Waals surface area contributed by atoms with Gasteiger partial charge in [0, 0.05) is 38.6 Å². The minimum Gasteiger partial charge on any atom is -0.492 e. The summed E-state index contributed by atoms with van der Waals surface area (Å²) < 4.78 is 22.9. The quantitative estimate of drug-likeness (QED) is 0.654. The van der Waals surface area contributed by atoms with E-state index in [1.807, 2.05) is 11.9 Å². The maximum absolute atomic E-state index is 15.3. The van der Waals surface area contributed by atoms with Crippen LogP contribution in [0, 0.1) is 23.1 Å². The summed E-state index contributed by atoms with van der Waals surface area (Å²) in [7, 11) is 3.40. The lowest BCUT2D eigenvalue weighted by Crippen LogP contribution is -2.44. The molecule has 0 radical (unpaired) electrons. The molecule has 2 aromatic rings. The van der Waals surface area contributed by atoms with Crippen molar-refractivity contribution in [1.29, 1.82) is 5.26 Å². The number of nitrogens with two attached hydrogens (primary N) is 1. The molecule has 166 valence electrons. The van der Waals surface area contributed by atoms with Gasteiger partial charge in [-0.2, -0.15) is 9.94 Å². The third-order valence-electron chi connectivity index (χ3n) is 6.18. The summed E-state index contributed by atoms with van der Waals surface area (Å²) in [6.07, 6.45) is 2.93. The number of halogens is 1. The molecule has 2 aliphatic rings. The molecule has 2 heterocycles. The lowest BCUT2D eigenvalue weighted by molar-refractivity contribution is 0.292. The van der Waals surface area contributed by atoms with Crippen molar-refractivity contribution in [2.75, 3.05) is 51.1 Å². The number of anilines is 1. The Hall–Kier alpha value is -3.06. The van der Waals surface area contributed by atoms with E-state index in [-0.39, 0.29) is 22.9 Å². The molecule has 2 fully saturated rings. The van der Waals surface area contributed by atoms with Gasteiger partial charge in [-0.05, 0) is 38.3 Å². The van der Waals surface area contributed by atoms with Crippen LogP contribution in [0.2, 0.25) is 0 Å². The fourth-order valence-electron chi connectivity index (χ4n) is 4.55. The molecule has 1 aromatic heterocycles. The second-order valence-corrected chi connectivity index (χ2v) is 8.47. The number of rotatable bonds is 7. The lowest BCUT2D eigenvalue weighted by atomic mass is 10.1. The second-order valence-electron chi connectivity index (χ2n) is 8.47. The standard InChI is InChI=1S/C21H27FN6O3/c1-25(8-3-7-23)11-13-6-9-26(12-13)18-16(22)10-15-17(19(18)31-2)27(14-4-5-14)21(30)28(24)20(15)29/h10,13-14H,3-6,8-9,11-12,24H2,1-2H3. The van der Waals surface area contributed by atoms with E-state index in [0.717, 1.165) is 25.8 Å². The molecule has 4 rings (SSSR count). The van der Waals surface area contributed by atoms with Crippen LogP contribution in [0.5, 0.6) is 5.75 Å². The van der Waals surface area contributed by atoms with Crippen molar-refractivity contribution < 1.29 is 9.13 Å². The van der Waals surface area contributed by atoms with Crippen LogP contribution >= 0.6 is 0 Å². The molecular formula is C21H27FN6O3. The van der Waals surface area contributed by atoms with Crippen molar-refractivity contribution in [2.45, 2.75) is 31.7 Å². The van der Waals surface area contributed by atoms with Gasteiger partial charge in [-0.3, -0.25) is 9.36 Å². The van der Waals surface area contributed by atoms with Crippen LogP contribution in [0.4, 0.5) is 10.1 Å². The zero-order valence-electron chi connectivity index (χ0n) is 17.8. The number of nitrogens with zero attached hydrogens (tertiary/aromatic N) is 5. The highest BCUT2D eigenvalue weighted by Crippen LogP contribution is 2.43. The smallest absolute Gasteiger partial charge is 0.350 e. The van der Waals surface area contributed by atoms with Crippen molar-refractivity contribution in [3.8, 4) is 11.8 Å². The Morgan fingerprint density at radius 1 is 1.35 bits per heavy atom. The Labute approximate surface area is 179 Å². The monoisotopic (exact) mass is 430 g/mol. The number of hydrogen-bond donors (Lipinski definition) is 1. The summed E-state index contributed by atoms with van der Waals surface area (Å²) in [5, 5.41) is 8.81. The zero-order chi connectivity index (χ0) is 22.3. The van der Waals surface area contributed by atoms with E-state index in [4.69, 9.17) is 15.8 Å². The van der Waals surface area contributed by atoms with Crippen LogP contribution in [0.15, 0.2) is 15.7 Å². The van der Waals surface area contributed by atoms with E-state index in [2.05, 4.69) is 11.0 Å². The van der Waals surface area contributed by atoms with Gasteiger partial charge in [0.1, 0.15) is 11.2 Å². The topological polar surface area (TPSA) is 110 Å². The van der Waals surface area contributed by atoms with Gasteiger partial charge in [0.15, 0.2) is 11.6 Å². The normalized spacial score (nSPS) is 18.7. The second kappa shape index (κ2) is 8.23. The number of methoxy groups -OCH3 is 1. The molecule has 1 aromatic carbocycles. The summed E-state index contributed by atoms with van der Waals surface area (Å²) in [6, 6.07) is 3.25. The molecule has 1 unspecified atom stereocenters.